The maximum absolute atomic E-state index is 7.95. The molecule has 10 heteroatoms. The average Bonchev–Trinajstić information content (AvgIpc) is 2.71. The Balaban J connectivity index is 2.65. The lowest BCUT2D eigenvalue weighted by molar-refractivity contribution is -0.291. The van der Waals surface area contributed by atoms with E-state index in [0.29, 0.717) is 18.9 Å². The first kappa shape index (κ1) is 10.3. The molecule has 1 aliphatic heterocycles. The first-order valence-electron chi connectivity index (χ1n) is 3.52. The van der Waals surface area contributed by atoms with Crippen molar-refractivity contribution in [3.05, 3.63) is 0 Å². The quantitative estimate of drug-likeness (QED) is 0.155. The molecule has 10 nitrogen and oxygen atoms in total. The number of nitrogens with one attached hydrogen (secondary N) is 2. The summed E-state index contributed by atoms with van der Waals surface area (Å²) < 4.78 is 0. The van der Waals surface area contributed by atoms with Gasteiger partial charge in [0.2, 0.25) is 5.84 Å². The summed E-state index contributed by atoms with van der Waals surface area (Å²) in [5.41, 5.74) is 1.77. The van der Waals surface area contributed by atoms with E-state index in [0.717, 1.165) is 0 Å². The SMILES string of the molecule is OON=N/C(=N\NOO)C1=NCCN1. The molecule has 0 unspecified atom stereocenters. The fourth-order valence-electron chi connectivity index (χ4n) is 0.791. The smallest absolute Gasteiger partial charge is 0.241 e. The lowest BCUT2D eigenvalue weighted by Gasteiger charge is -1.99. The van der Waals surface area contributed by atoms with E-state index in [9.17, 15) is 0 Å². The van der Waals surface area contributed by atoms with Crippen molar-refractivity contribution >= 4 is 11.7 Å². The van der Waals surface area contributed by atoms with Crippen LogP contribution in [0.3, 0.4) is 0 Å². The van der Waals surface area contributed by atoms with Crippen LogP contribution < -0.4 is 10.9 Å². The molecule has 14 heavy (non-hydrogen) atoms. The van der Waals surface area contributed by atoms with Gasteiger partial charge in [0.25, 0.3) is 0 Å². The molecule has 4 N–H and O–H groups in total. The van der Waals surface area contributed by atoms with Gasteiger partial charge >= 0.3 is 0 Å². The fraction of sp³-hybridized carbons (Fsp3) is 0.500. The summed E-state index contributed by atoms with van der Waals surface area (Å²) in [5, 5.41) is 28.2. The van der Waals surface area contributed by atoms with Crippen LogP contribution in [-0.2, 0) is 9.98 Å². The van der Waals surface area contributed by atoms with Crippen LogP contribution in [0.5, 0.6) is 0 Å². The molecule has 0 aromatic heterocycles. The molecule has 1 rings (SSSR count). The second kappa shape index (κ2) is 5.80. The van der Waals surface area contributed by atoms with Crippen molar-refractivity contribution in [2.24, 2.45) is 20.5 Å². The van der Waals surface area contributed by atoms with Crippen LogP contribution in [0.25, 0.3) is 0 Å². The second-order valence-corrected chi connectivity index (χ2v) is 2.04. The Bertz CT molecular complexity index is 263. The number of nitrogens with zero attached hydrogens (tertiary/aromatic N) is 4. The second-order valence-electron chi connectivity index (χ2n) is 2.04. The standard InChI is InChI=1S/C4H8N6O4/c11-13-9-7-4(8-10-14-12)3-5-1-2-6-3/h9,11-12H,1-2H2,(H,5,6)/b7-4-,10-8?. The van der Waals surface area contributed by atoms with Gasteiger partial charge in [-0.2, -0.15) is 10.8 Å². The maximum Gasteiger partial charge on any atom is 0.241 e. The number of hydrogen-bond donors (Lipinski definition) is 4. The van der Waals surface area contributed by atoms with Gasteiger partial charge in [0.15, 0.2) is 5.84 Å². The molecule has 1 heterocycles. The first-order valence-corrected chi connectivity index (χ1v) is 3.52. The Kier molecular flexibility index (Phi) is 4.26. The lowest BCUT2D eigenvalue weighted by Crippen LogP contribution is -2.27. The zero-order valence-corrected chi connectivity index (χ0v) is 6.91. The van der Waals surface area contributed by atoms with E-state index < -0.39 is 0 Å². The van der Waals surface area contributed by atoms with Crippen molar-refractivity contribution in [1.82, 2.24) is 10.9 Å². The fourth-order valence-corrected chi connectivity index (χ4v) is 0.791. The molecule has 0 bridgehead atoms. The highest BCUT2D eigenvalue weighted by atomic mass is 17.2. The Morgan fingerprint density at radius 1 is 1.57 bits per heavy atom. The van der Waals surface area contributed by atoms with Gasteiger partial charge in [-0.05, 0) is 0 Å². The molecular weight excluding hydrogens is 196 g/mol. The third kappa shape index (κ3) is 2.93. The summed E-state index contributed by atoms with van der Waals surface area (Å²) in [6.45, 7) is 1.22. The monoisotopic (exact) mass is 204 g/mol. The largest absolute Gasteiger partial charge is 0.365 e. The zero-order valence-electron chi connectivity index (χ0n) is 6.91. The molecule has 0 spiro atoms. The van der Waals surface area contributed by atoms with Gasteiger partial charge in [-0.15, -0.1) is 5.10 Å². The zero-order chi connectivity index (χ0) is 10.2. The third-order valence-corrected chi connectivity index (χ3v) is 1.25. The van der Waals surface area contributed by atoms with Gasteiger partial charge in [0.05, 0.1) is 11.8 Å². The summed E-state index contributed by atoms with van der Waals surface area (Å²) in [7, 11) is 0. The summed E-state index contributed by atoms with van der Waals surface area (Å²) in [6.07, 6.45) is 0. The normalized spacial score (nSPS) is 16.7. The van der Waals surface area contributed by atoms with Crippen LogP contribution in [0, 0.1) is 0 Å². The number of rotatable bonds is 4. The summed E-state index contributed by atoms with van der Waals surface area (Å²) in [6, 6.07) is 0. The summed E-state index contributed by atoms with van der Waals surface area (Å²) in [5.74, 6) is 0.306. The summed E-state index contributed by atoms with van der Waals surface area (Å²) >= 11 is 0. The molecule has 0 aliphatic carbocycles. The topological polar surface area (TPSA) is 132 Å². The van der Waals surface area contributed by atoms with E-state index in [1.807, 2.05) is 0 Å². The highest BCUT2D eigenvalue weighted by molar-refractivity contribution is 6.41. The van der Waals surface area contributed by atoms with E-state index in [2.05, 4.69) is 35.8 Å². The Morgan fingerprint density at radius 2 is 2.43 bits per heavy atom. The van der Waals surface area contributed by atoms with Crippen LogP contribution in [0.1, 0.15) is 0 Å². The van der Waals surface area contributed by atoms with E-state index >= 15 is 0 Å². The van der Waals surface area contributed by atoms with Crippen LogP contribution in [0.15, 0.2) is 20.5 Å². The van der Waals surface area contributed by atoms with Crippen LogP contribution in [0.4, 0.5) is 0 Å². The number of aliphatic imine (C=N–C) groups is 1. The van der Waals surface area contributed by atoms with E-state index in [1.54, 1.807) is 5.59 Å². The summed E-state index contributed by atoms with van der Waals surface area (Å²) in [4.78, 5) is 10.8. The van der Waals surface area contributed by atoms with Gasteiger partial charge < -0.3 is 5.32 Å². The first-order chi connectivity index (χ1) is 6.88. The molecule has 0 aromatic rings. The van der Waals surface area contributed by atoms with Crippen molar-refractivity contribution in [2.45, 2.75) is 0 Å². The Morgan fingerprint density at radius 3 is 3.00 bits per heavy atom. The number of hydrazone groups is 1. The van der Waals surface area contributed by atoms with Crippen LogP contribution in [-0.4, -0.2) is 35.3 Å². The van der Waals surface area contributed by atoms with E-state index in [4.69, 9.17) is 10.5 Å². The highest BCUT2D eigenvalue weighted by Gasteiger charge is 2.12. The molecule has 0 fully saturated rings. The van der Waals surface area contributed by atoms with E-state index in [-0.39, 0.29) is 5.84 Å². The maximum atomic E-state index is 7.95. The minimum atomic E-state index is -0.0365. The molecular formula is C4H8N6O4. The Labute approximate surface area is 77.7 Å². The van der Waals surface area contributed by atoms with Crippen molar-refractivity contribution in [3.63, 3.8) is 0 Å². The highest BCUT2D eigenvalue weighted by Crippen LogP contribution is 1.92. The molecule has 0 saturated heterocycles. The molecule has 0 saturated carbocycles. The molecule has 0 atom stereocenters. The molecule has 78 valence electrons. The van der Waals surface area contributed by atoms with Gasteiger partial charge in [0, 0.05) is 6.54 Å². The van der Waals surface area contributed by atoms with Crippen LogP contribution >= 0.6 is 0 Å². The van der Waals surface area contributed by atoms with Crippen molar-refractivity contribution in [1.29, 1.82) is 0 Å². The predicted octanol–water partition coefficient (Wildman–Crippen LogP) is -0.847. The Hall–Kier alpha value is -1.78. The van der Waals surface area contributed by atoms with Crippen molar-refractivity contribution in [3.8, 4) is 0 Å². The third-order valence-electron chi connectivity index (χ3n) is 1.25. The van der Waals surface area contributed by atoms with Crippen LogP contribution in [0.2, 0.25) is 0 Å². The van der Waals surface area contributed by atoms with Crippen molar-refractivity contribution < 1.29 is 20.5 Å². The lowest BCUT2D eigenvalue weighted by atomic mass is 10.5. The van der Waals surface area contributed by atoms with Gasteiger partial charge in [-0.25, -0.2) is 10.2 Å². The van der Waals surface area contributed by atoms with Gasteiger partial charge in [0.1, 0.15) is 0 Å². The van der Waals surface area contributed by atoms with Gasteiger partial charge in [-0.1, -0.05) is 10.1 Å². The minimum Gasteiger partial charge on any atom is -0.365 e. The van der Waals surface area contributed by atoms with Crippen molar-refractivity contribution in [2.75, 3.05) is 13.1 Å². The molecule has 0 amide bonds. The molecule has 0 radical (unpaired) electrons. The average molecular weight is 204 g/mol. The number of hydrogen-bond acceptors (Lipinski definition) is 9. The number of amidine groups is 2. The minimum absolute atomic E-state index is 0.0365. The predicted molar refractivity (Wildman–Crippen MR) is 43.2 cm³/mol. The van der Waals surface area contributed by atoms with E-state index in [1.165, 1.54) is 0 Å². The molecule has 0 aromatic carbocycles. The van der Waals surface area contributed by atoms with Gasteiger partial charge in [-0.3, -0.25) is 4.99 Å². The molecule has 1 aliphatic rings.